The molecule has 0 fully saturated rings. The third kappa shape index (κ3) is 3.01. The molecule has 0 bridgehead atoms. The zero-order valence-corrected chi connectivity index (χ0v) is 10.9. The van der Waals surface area contributed by atoms with Gasteiger partial charge in [-0.25, -0.2) is 4.39 Å². The third-order valence-electron chi connectivity index (χ3n) is 2.86. The quantitative estimate of drug-likeness (QED) is 0.799. The summed E-state index contributed by atoms with van der Waals surface area (Å²) in [5.74, 6) is -0.0131. The number of halogens is 1. The van der Waals surface area contributed by atoms with Crippen LogP contribution >= 0.6 is 0 Å². The number of ether oxygens (including phenoxy) is 1. The number of aryl methyl sites for hydroxylation is 1. The van der Waals surface area contributed by atoms with Gasteiger partial charge in [0.25, 0.3) is 0 Å². The molecule has 2 aromatic carbocycles. The van der Waals surface area contributed by atoms with Gasteiger partial charge in [-0.3, -0.25) is 4.79 Å². The van der Waals surface area contributed by atoms with Crippen molar-refractivity contribution in [2.75, 3.05) is 0 Å². The molecule has 0 atom stereocenters. The summed E-state index contributed by atoms with van der Waals surface area (Å²) in [6, 6.07) is 11.1. The standard InChI is InChI=1S/C16H12FNO2/c1-11-2-5-16(13(6-11)9-19)20-10-14-7-15(17)4-3-12(14)8-18/h2-7,9H,10H2,1H3. The van der Waals surface area contributed by atoms with Crippen LogP contribution in [0.1, 0.15) is 27.0 Å². The van der Waals surface area contributed by atoms with Gasteiger partial charge in [-0.2, -0.15) is 5.26 Å². The Balaban J connectivity index is 2.23. The number of benzene rings is 2. The molecular weight excluding hydrogens is 257 g/mol. The van der Waals surface area contributed by atoms with Crippen molar-refractivity contribution in [1.82, 2.24) is 0 Å². The molecule has 0 saturated carbocycles. The first kappa shape index (κ1) is 13.8. The summed E-state index contributed by atoms with van der Waals surface area (Å²) in [6.07, 6.45) is 0.707. The van der Waals surface area contributed by atoms with Crippen LogP contribution in [0.25, 0.3) is 0 Å². The maximum Gasteiger partial charge on any atom is 0.153 e. The Morgan fingerprint density at radius 2 is 2.10 bits per heavy atom. The topological polar surface area (TPSA) is 50.1 Å². The highest BCUT2D eigenvalue weighted by molar-refractivity contribution is 5.79. The number of hydrogen-bond acceptors (Lipinski definition) is 3. The van der Waals surface area contributed by atoms with E-state index in [-0.39, 0.29) is 6.61 Å². The van der Waals surface area contributed by atoms with E-state index >= 15 is 0 Å². The van der Waals surface area contributed by atoms with Crippen LogP contribution in [0.2, 0.25) is 0 Å². The van der Waals surface area contributed by atoms with E-state index in [0.29, 0.717) is 28.7 Å². The first-order chi connectivity index (χ1) is 9.63. The summed E-state index contributed by atoms with van der Waals surface area (Å²) in [6.45, 7) is 1.90. The van der Waals surface area contributed by atoms with Crippen LogP contribution in [0.15, 0.2) is 36.4 Å². The van der Waals surface area contributed by atoms with Crippen molar-refractivity contribution in [1.29, 1.82) is 5.26 Å². The van der Waals surface area contributed by atoms with Gasteiger partial charge in [0, 0.05) is 5.56 Å². The Labute approximate surface area is 116 Å². The van der Waals surface area contributed by atoms with Crippen LogP contribution in [-0.4, -0.2) is 6.29 Å². The molecule has 4 heteroatoms. The van der Waals surface area contributed by atoms with Gasteiger partial charge in [-0.15, -0.1) is 0 Å². The minimum absolute atomic E-state index is 0.0323. The summed E-state index contributed by atoms with van der Waals surface area (Å²) in [7, 11) is 0. The Morgan fingerprint density at radius 3 is 2.80 bits per heavy atom. The number of nitrogens with zero attached hydrogens (tertiary/aromatic N) is 1. The van der Waals surface area contributed by atoms with Crippen LogP contribution < -0.4 is 4.74 Å². The third-order valence-corrected chi connectivity index (χ3v) is 2.86. The molecule has 0 spiro atoms. The second-order valence-electron chi connectivity index (χ2n) is 4.36. The second-order valence-corrected chi connectivity index (χ2v) is 4.36. The highest BCUT2D eigenvalue weighted by Crippen LogP contribution is 2.20. The average Bonchev–Trinajstić information content (AvgIpc) is 2.46. The maximum atomic E-state index is 13.2. The minimum atomic E-state index is -0.429. The summed E-state index contributed by atoms with van der Waals surface area (Å²) < 4.78 is 18.7. The van der Waals surface area contributed by atoms with Crippen molar-refractivity contribution in [3.05, 3.63) is 64.5 Å². The zero-order chi connectivity index (χ0) is 14.5. The van der Waals surface area contributed by atoms with Gasteiger partial charge in [-0.05, 0) is 37.3 Å². The fraction of sp³-hybridized carbons (Fsp3) is 0.125. The van der Waals surface area contributed by atoms with Crippen molar-refractivity contribution in [2.24, 2.45) is 0 Å². The van der Waals surface area contributed by atoms with E-state index in [9.17, 15) is 9.18 Å². The molecule has 0 amide bonds. The van der Waals surface area contributed by atoms with Crippen LogP contribution in [0.5, 0.6) is 5.75 Å². The number of hydrogen-bond donors (Lipinski definition) is 0. The van der Waals surface area contributed by atoms with Gasteiger partial charge >= 0.3 is 0 Å². The van der Waals surface area contributed by atoms with Gasteiger partial charge in [0.2, 0.25) is 0 Å². The van der Waals surface area contributed by atoms with E-state index in [2.05, 4.69) is 0 Å². The number of carbonyl (C=O) groups is 1. The lowest BCUT2D eigenvalue weighted by molar-refractivity contribution is 0.111. The lowest BCUT2D eigenvalue weighted by Crippen LogP contribution is -2.01. The Bertz CT molecular complexity index is 689. The fourth-order valence-corrected chi connectivity index (χ4v) is 1.84. The molecule has 2 rings (SSSR count). The van der Waals surface area contributed by atoms with Gasteiger partial charge in [-0.1, -0.05) is 11.6 Å². The van der Waals surface area contributed by atoms with Gasteiger partial charge in [0.15, 0.2) is 6.29 Å². The molecule has 0 unspecified atom stereocenters. The monoisotopic (exact) mass is 269 g/mol. The van der Waals surface area contributed by atoms with Gasteiger partial charge < -0.3 is 4.74 Å². The van der Waals surface area contributed by atoms with Crippen LogP contribution in [0.3, 0.4) is 0 Å². The van der Waals surface area contributed by atoms with Crippen LogP contribution in [0, 0.1) is 24.1 Å². The molecule has 0 aliphatic rings. The minimum Gasteiger partial charge on any atom is -0.488 e. The summed E-state index contributed by atoms with van der Waals surface area (Å²) >= 11 is 0. The van der Waals surface area contributed by atoms with E-state index < -0.39 is 5.82 Å². The highest BCUT2D eigenvalue weighted by atomic mass is 19.1. The second kappa shape index (κ2) is 5.98. The molecule has 0 aliphatic carbocycles. The van der Waals surface area contributed by atoms with E-state index in [1.807, 2.05) is 19.1 Å². The average molecular weight is 269 g/mol. The highest BCUT2D eigenvalue weighted by Gasteiger charge is 2.07. The summed E-state index contributed by atoms with van der Waals surface area (Å²) in [4.78, 5) is 11.0. The summed E-state index contributed by atoms with van der Waals surface area (Å²) in [5.41, 5.74) is 2.18. The van der Waals surface area contributed by atoms with E-state index in [4.69, 9.17) is 10.00 Å². The first-order valence-corrected chi connectivity index (χ1v) is 6.01. The molecular formula is C16H12FNO2. The van der Waals surface area contributed by atoms with E-state index in [1.54, 1.807) is 12.1 Å². The molecule has 0 aromatic heterocycles. The lowest BCUT2D eigenvalue weighted by atomic mass is 10.1. The van der Waals surface area contributed by atoms with Gasteiger partial charge in [0.05, 0.1) is 17.2 Å². The largest absolute Gasteiger partial charge is 0.488 e. The van der Waals surface area contributed by atoms with E-state index in [0.717, 1.165) is 5.56 Å². The Kier molecular flexibility index (Phi) is 4.11. The van der Waals surface area contributed by atoms with Crippen molar-refractivity contribution in [2.45, 2.75) is 13.5 Å². The molecule has 0 heterocycles. The number of carbonyl (C=O) groups excluding carboxylic acids is 1. The number of rotatable bonds is 4. The smallest absolute Gasteiger partial charge is 0.153 e. The van der Waals surface area contributed by atoms with Crippen molar-refractivity contribution in [3.63, 3.8) is 0 Å². The maximum absolute atomic E-state index is 13.2. The van der Waals surface area contributed by atoms with Crippen LogP contribution in [-0.2, 0) is 6.61 Å². The molecule has 0 N–H and O–H groups in total. The van der Waals surface area contributed by atoms with Gasteiger partial charge in [0.1, 0.15) is 18.2 Å². The SMILES string of the molecule is Cc1ccc(OCc2cc(F)ccc2C#N)c(C=O)c1. The Hall–Kier alpha value is -2.67. The van der Waals surface area contributed by atoms with E-state index in [1.165, 1.54) is 18.2 Å². The molecule has 3 nitrogen and oxygen atoms in total. The lowest BCUT2D eigenvalue weighted by Gasteiger charge is -2.10. The first-order valence-electron chi connectivity index (χ1n) is 6.01. The molecule has 0 radical (unpaired) electrons. The summed E-state index contributed by atoms with van der Waals surface area (Å²) in [5, 5.41) is 8.96. The molecule has 0 aliphatic heterocycles. The molecule has 2 aromatic rings. The Morgan fingerprint density at radius 1 is 1.30 bits per heavy atom. The normalized spacial score (nSPS) is 9.85. The predicted molar refractivity (Wildman–Crippen MR) is 72.0 cm³/mol. The van der Waals surface area contributed by atoms with Crippen LogP contribution in [0.4, 0.5) is 4.39 Å². The zero-order valence-electron chi connectivity index (χ0n) is 10.9. The molecule has 0 saturated heterocycles. The number of nitriles is 1. The van der Waals surface area contributed by atoms with Crippen molar-refractivity contribution in [3.8, 4) is 11.8 Å². The number of aldehydes is 1. The molecule has 20 heavy (non-hydrogen) atoms. The predicted octanol–water partition coefficient (Wildman–Crippen LogP) is 3.40. The van der Waals surface area contributed by atoms with Crippen molar-refractivity contribution >= 4 is 6.29 Å². The fourth-order valence-electron chi connectivity index (χ4n) is 1.84. The molecule has 100 valence electrons. The van der Waals surface area contributed by atoms with Crippen molar-refractivity contribution < 1.29 is 13.9 Å².